The molecule has 2 amide bonds. The van der Waals surface area contributed by atoms with Crippen LogP contribution in [-0.2, 0) is 9.59 Å². The van der Waals surface area contributed by atoms with Crippen molar-refractivity contribution in [1.29, 1.82) is 5.26 Å². The van der Waals surface area contributed by atoms with Gasteiger partial charge in [0.1, 0.15) is 17.4 Å². The molecule has 0 bridgehead atoms. The Bertz CT molecular complexity index is 1660. The number of furan rings is 1. The Balaban J connectivity index is 1.31. The topological polar surface area (TPSA) is 137 Å². The molecule has 0 atom stereocenters. The quantitative estimate of drug-likeness (QED) is 0.209. The van der Waals surface area contributed by atoms with Crippen molar-refractivity contribution in [3.8, 4) is 39.9 Å². The van der Waals surface area contributed by atoms with Crippen molar-refractivity contribution < 1.29 is 14.0 Å². The van der Waals surface area contributed by atoms with E-state index in [-0.39, 0.29) is 29.0 Å². The lowest BCUT2D eigenvalue weighted by molar-refractivity contribution is -0.114. The summed E-state index contributed by atoms with van der Waals surface area (Å²) >= 11 is 1.14. The molecule has 0 unspecified atom stereocenters. The monoisotopic (exact) mass is 534 g/mol. The lowest BCUT2D eigenvalue weighted by Crippen LogP contribution is -2.14. The third kappa shape index (κ3) is 5.89. The van der Waals surface area contributed by atoms with E-state index < -0.39 is 0 Å². The minimum absolute atomic E-state index is 0.00563. The van der Waals surface area contributed by atoms with E-state index in [0.29, 0.717) is 28.0 Å². The Kier molecular flexibility index (Phi) is 7.52. The van der Waals surface area contributed by atoms with E-state index in [4.69, 9.17) is 4.42 Å². The van der Waals surface area contributed by atoms with E-state index in [1.54, 1.807) is 12.1 Å². The molecule has 0 saturated carbocycles. The number of thioether (sulfide) groups is 1. The Morgan fingerprint density at radius 2 is 1.59 bits per heavy atom. The molecule has 192 valence electrons. The zero-order valence-corrected chi connectivity index (χ0v) is 21.6. The number of amides is 2. The Morgan fingerprint density at radius 1 is 0.923 bits per heavy atom. The number of benzene rings is 3. The lowest BCUT2D eigenvalue weighted by atomic mass is 9.98. The zero-order chi connectivity index (χ0) is 27.2. The van der Waals surface area contributed by atoms with E-state index in [2.05, 4.69) is 31.9 Å². The van der Waals surface area contributed by atoms with Crippen molar-refractivity contribution in [2.75, 3.05) is 16.4 Å². The van der Waals surface area contributed by atoms with Gasteiger partial charge in [-0.3, -0.25) is 20.0 Å². The number of rotatable bonds is 8. The van der Waals surface area contributed by atoms with Crippen LogP contribution in [0.3, 0.4) is 0 Å². The molecule has 0 saturated heterocycles. The van der Waals surface area contributed by atoms with Crippen LogP contribution in [0.4, 0.5) is 11.6 Å². The molecule has 5 aromatic rings. The predicted molar refractivity (Wildman–Crippen MR) is 150 cm³/mol. The summed E-state index contributed by atoms with van der Waals surface area (Å²) in [5, 5.41) is 22.9. The van der Waals surface area contributed by atoms with Gasteiger partial charge in [-0.1, -0.05) is 72.4 Å². The van der Waals surface area contributed by atoms with Crippen molar-refractivity contribution in [3.63, 3.8) is 0 Å². The number of nitriles is 1. The molecule has 0 aliphatic rings. The third-order valence-electron chi connectivity index (χ3n) is 5.65. The number of carbonyl (C=O) groups is 2. The van der Waals surface area contributed by atoms with Gasteiger partial charge in [-0.2, -0.15) is 5.26 Å². The van der Waals surface area contributed by atoms with Crippen LogP contribution in [0.5, 0.6) is 0 Å². The first-order valence-corrected chi connectivity index (χ1v) is 12.9. The number of carbonyl (C=O) groups excluding carboxylic acids is 2. The van der Waals surface area contributed by atoms with Gasteiger partial charge in [0.25, 0.3) is 0 Å². The van der Waals surface area contributed by atoms with Crippen LogP contribution in [0.2, 0.25) is 0 Å². The van der Waals surface area contributed by atoms with Crippen LogP contribution in [0.25, 0.3) is 33.8 Å². The van der Waals surface area contributed by atoms with Crippen LogP contribution in [0.15, 0.2) is 94.5 Å². The van der Waals surface area contributed by atoms with Crippen LogP contribution in [0, 0.1) is 11.3 Å². The summed E-state index contributed by atoms with van der Waals surface area (Å²) in [6, 6.07) is 28.3. The highest BCUT2D eigenvalue weighted by Gasteiger charge is 2.24. The van der Waals surface area contributed by atoms with Crippen molar-refractivity contribution in [3.05, 3.63) is 90.5 Å². The second-order valence-corrected chi connectivity index (χ2v) is 9.36. The minimum atomic E-state index is -0.365. The molecule has 39 heavy (non-hydrogen) atoms. The Labute approximate surface area is 228 Å². The van der Waals surface area contributed by atoms with Gasteiger partial charge in [0.15, 0.2) is 5.82 Å². The smallest absolute Gasteiger partial charge is 0.237 e. The molecule has 0 spiro atoms. The first-order chi connectivity index (χ1) is 19.0. The van der Waals surface area contributed by atoms with E-state index in [1.165, 1.54) is 6.92 Å². The Morgan fingerprint density at radius 3 is 2.23 bits per heavy atom. The van der Waals surface area contributed by atoms with E-state index in [9.17, 15) is 14.9 Å². The number of hydrogen-bond donors (Lipinski definition) is 3. The normalized spacial score (nSPS) is 10.6. The molecule has 2 heterocycles. The molecule has 0 aliphatic heterocycles. The van der Waals surface area contributed by atoms with Crippen molar-refractivity contribution in [2.45, 2.75) is 12.1 Å². The zero-order valence-electron chi connectivity index (χ0n) is 20.8. The van der Waals surface area contributed by atoms with Gasteiger partial charge in [0.2, 0.25) is 22.9 Å². The Hall–Kier alpha value is -5.14. The van der Waals surface area contributed by atoms with Gasteiger partial charge in [-0.05, 0) is 29.8 Å². The summed E-state index contributed by atoms with van der Waals surface area (Å²) in [6.45, 7) is 1.45. The fourth-order valence-electron chi connectivity index (χ4n) is 3.95. The molecule has 3 aromatic carbocycles. The standard InChI is InChI=1S/C29H22N6O3S/c1-18(36)31-22-14-12-21(13-15-22)27-33-29(35-34-27)39-17-24(37)32-28-23(16-30)25(19-8-4-2-5-9-19)26(38-28)20-10-6-3-7-11-20/h2-15H,17H2,1H3,(H,31,36)(H,32,37)(H,33,34,35). The van der Waals surface area contributed by atoms with Gasteiger partial charge in [-0.25, -0.2) is 4.98 Å². The van der Waals surface area contributed by atoms with E-state index in [0.717, 1.165) is 28.5 Å². The molecule has 0 aliphatic carbocycles. The number of anilines is 2. The summed E-state index contributed by atoms with van der Waals surface area (Å²) < 4.78 is 6.07. The molecule has 3 N–H and O–H groups in total. The summed E-state index contributed by atoms with van der Waals surface area (Å²) in [5.74, 6) is 0.621. The minimum Gasteiger partial charge on any atom is -0.438 e. The van der Waals surface area contributed by atoms with Crippen LogP contribution >= 0.6 is 11.8 Å². The highest BCUT2D eigenvalue weighted by Crippen LogP contribution is 2.41. The number of H-pyrrole nitrogens is 1. The molecule has 2 aromatic heterocycles. The van der Waals surface area contributed by atoms with Crippen molar-refractivity contribution >= 4 is 35.1 Å². The molecule has 5 rings (SSSR count). The summed E-state index contributed by atoms with van der Waals surface area (Å²) in [5.41, 5.74) is 3.93. The number of nitrogens with zero attached hydrogens (tertiary/aromatic N) is 3. The SMILES string of the molecule is CC(=O)Nc1ccc(-c2nc(SCC(=O)Nc3oc(-c4ccccc4)c(-c4ccccc4)c3C#N)n[nH]2)cc1. The average Bonchev–Trinajstić information content (AvgIpc) is 3.58. The molecule has 10 heteroatoms. The van der Waals surface area contributed by atoms with Crippen molar-refractivity contribution in [1.82, 2.24) is 15.2 Å². The van der Waals surface area contributed by atoms with Crippen LogP contribution in [-0.4, -0.2) is 32.7 Å². The lowest BCUT2D eigenvalue weighted by Gasteiger charge is -2.03. The number of aromatic nitrogens is 3. The van der Waals surface area contributed by atoms with Gasteiger partial charge >= 0.3 is 0 Å². The third-order valence-corrected chi connectivity index (χ3v) is 6.49. The van der Waals surface area contributed by atoms with E-state index in [1.807, 2.05) is 72.8 Å². The van der Waals surface area contributed by atoms with Gasteiger partial charge in [0.05, 0.1) is 5.75 Å². The fourth-order valence-corrected chi connectivity index (χ4v) is 4.54. The maximum absolute atomic E-state index is 12.8. The molecular weight excluding hydrogens is 512 g/mol. The highest BCUT2D eigenvalue weighted by molar-refractivity contribution is 7.99. The maximum Gasteiger partial charge on any atom is 0.237 e. The number of aromatic amines is 1. The van der Waals surface area contributed by atoms with Crippen molar-refractivity contribution in [2.24, 2.45) is 0 Å². The van der Waals surface area contributed by atoms with Crippen LogP contribution < -0.4 is 10.6 Å². The molecule has 0 fully saturated rings. The molecule has 0 radical (unpaired) electrons. The van der Waals surface area contributed by atoms with Gasteiger partial charge < -0.3 is 9.73 Å². The second kappa shape index (κ2) is 11.5. The highest BCUT2D eigenvalue weighted by atomic mass is 32.2. The van der Waals surface area contributed by atoms with Gasteiger partial charge in [-0.15, -0.1) is 5.10 Å². The first kappa shape index (κ1) is 25.5. The number of nitrogens with one attached hydrogen (secondary N) is 3. The van der Waals surface area contributed by atoms with Crippen LogP contribution in [0.1, 0.15) is 12.5 Å². The van der Waals surface area contributed by atoms with Gasteiger partial charge in [0, 0.05) is 29.3 Å². The summed E-state index contributed by atoms with van der Waals surface area (Å²) in [7, 11) is 0. The summed E-state index contributed by atoms with van der Waals surface area (Å²) in [6.07, 6.45) is 0. The first-order valence-electron chi connectivity index (χ1n) is 11.9. The molecular formula is C29H22N6O3S. The molecule has 9 nitrogen and oxygen atoms in total. The van der Waals surface area contributed by atoms with E-state index >= 15 is 0 Å². The number of hydrogen-bond acceptors (Lipinski definition) is 7. The average molecular weight is 535 g/mol. The maximum atomic E-state index is 12.8. The second-order valence-electron chi connectivity index (χ2n) is 8.42. The fraction of sp³-hybridized carbons (Fsp3) is 0.0690. The largest absolute Gasteiger partial charge is 0.438 e. The predicted octanol–water partition coefficient (Wildman–Crippen LogP) is 5.96. The summed E-state index contributed by atoms with van der Waals surface area (Å²) in [4.78, 5) is 28.5.